The lowest BCUT2D eigenvalue weighted by Crippen LogP contribution is -2.74. The van der Waals surface area contributed by atoms with Gasteiger partial charge in [0.25, 0.3) is 0 Å². The van der Waals surface area contributed by atoms with E-state index in [-0.39, 0.29) is 60.3 Å². The van der Waals surface area contributed by atoms with Crippen LogP contribution in [-0.4, -0.2) is 75.3 Å². The number of carbonyl (C=O) groups excluding carboxylic acids is 3. The molecule has 3 N–H and O–H groups in total. The number of epoxide rings is 1. The van der Waals surface area contributed by atoms with Crippen molar-refractivity contribution in [3.63, 3.8) is 0 Å². The summed E-state index contributed by atoms with van der Waals surface area (Å²) in [5.41, 5.74) is -5.46. The maximum atomic E-state index is 14.5. The van der Waals surface area contributed by atoms with Crippen molar-refractivity contribution >= 4 is 17.7 Å². The van der Waals surface area contributed by atoms with Crippen molar-refractivity contribution in [3.8, 4) is 0 Å². The van der Waals surface area contributed by atoms with Crippen LogP contribution in [0.2, 0.25) is 0 Å². The van der Waals surface area contributed by atoms with Crippen LogP contribution in [0.5, 0.6) is 0 Å². The van der Waals surface area contributed by atoms with Gasteiger partial charge in [0, 0.05) is 47.8 Å². The summed E-state index contributed by atoms with van der Waals surface area (Å²) in [5.74, 6) is -3.59. The highest BCUT2D eigenvalue weighted by Crippen LogP contribution is 2.78. The maximum absolute atomic E-state index is 14.5. The second kappa shape index (κ2) is 9.92. The third kappa shape index (κ3) is 3.85. The molecule has 0 aromatic rings. The molecular weight excluding hydrogens is 604 g/mol. The lowest BCUT2D eigenvalue weighted by atomic mass is 9.36. The Bertz CT molecular complexity index is 1470. The average Bonchev–Trinajstić information content (AvgIpc) is 3.65. The number of fused-ring (bicyclic) bond motifs is 10. The zero-order valence-corrected chi connectivity index (χ0v) is 29.1. The highest BCUT2D eigenvalue weighted by molar-refractivity contribution is 5.88. The van der Waals surface area contributed by atoms with Crippen LogP contribution in [0.15, 0.2) is 24.2 Å². The molecule has 10 heteroatoms. The zero-order chi connectivity index (χ0) is 34.5. The van der Waals surface area contributed by atoms with Gasteiger partial charge in [-0.2, -0.15) is 0 Å². The second-order valence-electron chi connectivity index (χ2n) is 17.4. The minimum Gasteiger partial charge on any atom is -0.463 e. The lowest BCUT2D eigenvalue weighted by Gasteiger charge is -2.68. The van der Waals surface area contributed by atoms with Crippen LogP contribution >= 0.6 is 0 Å². The summed E-state index contributed by atoms with van der Waals surface area (Å²) >= 11 is 0. The number of carbonyl (C=O) groups is 3. The molecule has 2 heterocycles. The predicted molar refractivity (Wildman–Crippen MR) is 168 cm³/mol. The van der Waals surface area contributed by atoms with Crippen molar-refractivity contribution in [1.29, 1.82) is 0 Å². The second-order valence-corrected chi connectivity index (χ2v) is 17.4. The molecule has 10 nitrogen and oxygen atoms in total. The van der Waals surface area contributed by atoms with Gasteiger partial charge in [-0.05, 0) is 55.9 Å². The Balaban J connectivity index is 1.42. The van der Waals surface area contributed by atoms with Gasteiger partial charge in [-0.1, -0.05) is 48.1 Å². The van der Waals surface area contributed by atoms with Gasteiger partial charge in [0.15, 0.2) is 5.78 Å². The third-order valence-corrected chi connectivity index (χ3v) is 15.0. The first-order chi connectivity index (χ1) is 21.7. The molecule has 0 radical (unpaired) electrons. The fraction of sp³-hybridized carbons (Fsp3) is 0.811. The van der Waals surface area contributed by atoms with Crippen molar-refractivity contribution in [2.45, 2.75) is 124 Å². The largest absolute Gasteiger partial charge is 0.463 e. The molecule has 0 spiro atoms. The van der Waals surface area contributed by atoms with Crippen LogP contribution < -0.4 is 0 Å². The molecule has 0 bridgehead atoms. The standard InChI is InChI=1S/C37H52O10/c1-15(2)11-23(39)47-32-31-20(46-31)13-19-28(40)30(42)25-26-29(41)27-24(16(3)12-21-36(27,9)37(10,43)17(4)44-21)34(26,7)22(45-18(5)38)14-33(25,6)35(19,32)8/h12,15-16,19-20,22,24-27,29-32,41-43H,4,11,13-14H2,1-3,5-10H3/t16-,19?,20+,22+,24+,25-,26-,27+,29-,30-,31+,32+,33+,34-,35-,36+,37-/m1/s1. The summed E-state index contributed by atoms with van der Waals surface area (Å²) < 4.78 is 24.7. The molecule has 260 valence electrons. The number of hydrogen-bond acceptors (Lipinski definition) is 10. The topological polar surface area (TPSA) is 152 Å². The first-order valence-corrected chi connectivity index (χ1v) is 17.4. The molecule has 4 saturated carbocycles. The fourth-order valence-electron chi connectivity index (χ4n) is 12.4. The number of ether oxygens (including phenoxy) is 4. The van der Waals surface area contributed by atoms with E-state index in [4.69, 9.17) is 18.9 Å². The Kier molecular flexibility index (Phi) is 7.01. The normalized spacial score (nSPS) is 55.4. The summed E-state index contributed by atoms with van der Waals surface area (Å²) in [6, 6.07) is 0. The first-order valence-electron chi connectivity index (χ1n) is 17.4. The van der Waals surface area contributed by atoms with Gasteiger partial charge in [0.1, 0.15) is 41.5 Å². The first kappa shape index (κ1) is 33.2. The van der Waals surface area contributed by atoms with Gasteiger partial charge in [-0.3, -0.25) is 14.4 Å². The van der Waals surface area contributed by atoms with E-state index in [1.807, 2.05) is 54.5 Å². The summed E-state index contributed by atoms with van der Waals surface area (Å²) in [4.78, 5) is 40.7. The molecule has 17 atom stereocenters. The number of hydrogen-bond donors (Lipinski definition) is 3. The van der Waals surface area contributed by atoms with Gasteiger partial charge < -0.3 is 34.3 Å². The quantitative estimate of drug-likeness (QED) is 0.302. The molecule has 47 heavy (non-hydrogen) atoms. The molecule has 0 aromatic carbocycles. The summed E-state index contributed by atoms with van der Waals surface area (Å²) in [5, 5.41) is 37.0. The molecule has 7 aliphatic rings. The monoisotopic (exact) mass is 656 g/mol. The van der Waals surface area contributed by atoms with E-state index < -0.39 is 81.3 Å². The minimum absolute atomic E-state index is 0.0687. The van der Waals surface area contributed by atoms with Crippen molar-refractivity contribution in [2.75, 3.05) is 0 Å². The predicted octanol–water partition coefficient (Wildman–Crippen LogP) is 3.70. The molecule has 6 fully saturated rings. The van der Waals surface area contributed by atoms with E-state index in [1.165, 1.54) is 6.92 Å². The van der Waals surface area contributed by atoms with Crippen LogP contribution in [-0.2, 0) is 33.3 Å². The molecule has 2 saturated heterocycles. The number of allylic oxidation sites excluding steroid dienone is 1. The summed E-state index contributed by atoms with van der Waals surface area (Å²) in [6.07, 6.45) is -1.76. The Morgan fingerprint density at radius 2 is 1.72 bits per heavy atom. The number of aliphatic hydroxyl groups excluding tert-OH is 2. The van der Waals surface area contributed by atoms with Gasteiger partial charge >= 0.3 is 11.9 Å². The smallest absolute Gasteiger partial charge is 0.306 e. The fourth-order valence-corrected chi connectivity index (χ4v) is 12.4. The van der Waals surface area contributed by atoms with Crippen LogP contribution in [0.4, 0.5) is 0 Å². The lowest BCUT2D eigenvalue weighted by molar-refractivity contribution is -0.267. The van der Waals surface area contributed by atoms with Crippen molar-refractivity contribution in [3.05, 3.63) is 24.2 Å². The Morgan fingerprint density at radius 1 is 1.06 bits per heavy atom. The molecule has 1 unspecified atom stereocenters. The number of rotatable bonds is 4. The van der Waals surface area contributed by atoms with Gasteiger partial charge in [0.2, 0.25) is 0 Å². The molecule has 7 rings (SSSR count). The zero-order valence-electron chi connectivity index (χ0n) is 29.1. The average molecular weight is 657 g/mol. The van der Waals surface area contributed by atoms with E-state index in [0.29, 0.717) is 12.2 Å². The van der Waals surface area contributed by atoms with Gasteiger partial charge in [-0.15, -0.1) is 0 Å². The maximum Gasteiger partial charge on any atom is 0.306 e. The minimum atomic E-state index is -1.53. The van der Waals surface area contributed by atoms with Gasteiger partial charge in [0.05, 0.1) is 17.6 Å². The van der Waals surface area contributed by atoms with Crippen LogP contribution in [0.25, 0.3) is 0 Å². The summed E-state index contributed by atoms with van der Waals surface area (Å²) in [7, 11) is 0. The van der Waals surface area contributed by atoms with Crippen molar-refractivity contribution < 1.29 is 48.7 Å². The van der Waals surface area contributed by atoms with Crippen LogP contribution in [0, 0.1) is 63.1 Å². The highest BCUT2D eigenvalue weighted by atomic mass is 16.6. The van der Waals surface area contributed by atoms with E-state index in [2.05, 4.69) is 6.58 Å². The van der Waals surface area contributed by atoms with E-state index >= 15 is 0 Å². The van der Waals surface area contributed by atoms with E-state index in [1.54, 1.807) is 6.92 Å². The van der Waals surface area contributed by atoms with Crippen molar-refractivity contribution in [2.24, 2.45) is 63.1 Å². The SMILES string of the molecule is C=C1OC2=C[C@@H](C)[C@H]3[C@@H]([C@H](O)[C@H]4[C@@H]5[C@@H](O)C(=O)C6C[C@@H]7O[C@@H]7[C@H](OC(=O)CC(C)C)[C@]6(C)[C@@]5(C)C[C@H](OC(C)=O)[C@]34C)[C@@]2(C)[C@]1(C)O. The molecule has 5 aliphatic carbocycles. The number of Topliss-reactive ketones (excluding diaryl/α,β-unsaturated/α-hetero) is 1. The number of ketones is 1. The van der Waals surface area contributed by atoms with E-state index in [0.717, 1.165) is 0 Å². The van der Waals surface area contributed by atoms with Crippen molar-refractivity contribution in [1.82, 2.24) is 0 Å². The Labute approximate surface area is 277 Å². The Hall–Kier alpha value is -2.27. The van der Waals surface area contributed by atoms with Crippen LogP contribution in [0.1, 0.15) is 81.6 Å². The van der Waals surface area contributed by atoms with Gasteiger partial charge in [-0.25, -0.2) is 0 Å². The number of esters is 2. The van der Waals surface area contributed by atoms with Crippen LogP contribution in [0.3, 0.4) is 0 Å². The molecular formula is C37H52O10. The molecule has 2 aliphatic heterocycles. The molecule has 0 aromatic heterocycles. The molecule has 0 amide bonds. The number of aliphatic hydroxyl groups is 3. The Morgan fingerprint density at radius 3 is 2.34 bits per heavy atom. The highest BCUT2D eigenvalue weighted by Gasteiger charge is 2.82. The summed E-state index contributed by atoms with van der Waals surface area (Å²) in [6.45, 7) is 20.9. The third-order valence-electron chi connectivity index (χ3n) is 15.0. The van der Waals surface area contributed by atoms with E-state index in [9.17, 15) is 29.7 Å².